The predicted molar refractivity (Wildman–Crippen MR) is 76.0 cm³/mol. The molecule has 1 aromatic heterocycles. The Bertz CT molecular complexity index is 675. The topological polar surface area (TPSA) is 99.4 Å². The lowest BCUT2D eigenvalue weighted by Gasteiger charge is -2.11. The summed E-state index contributed by atoms with van der Waals surface area (Å²) in [5.74, 6) is 0.735. The van der Waals surface area contributed by atoms with Crippen LogP contribution in [0.1, 0.15) is 5.56 Å². The first-order chi connectivity index (χ1) is 10.1. The number of anilines is 1. The predicted octanol–water partition coefficient (Wildman–Crippen LogP) is 2.54. The highest BCUT2D eigenvalue weighted by Gasteiger charge is 2.25. The van der Waals surface area contributed by atoms with E-state index in [1.165, 1.54) is 20.5 Å². The van der Waals surface area contributed by atoms with E-state index in [4.69, 9.17) is 9.47 Å². The highest BCUT2D eigenvalue weighted by Crippen LogP contribution is 2.37. The van der Waals surface area contributed by atoms with Crippen molar-refractivity contribution < 1.29 is 14.4 Å². The van der Waals surface area contributed by atoms with Crippen molar-refractivity contribution in [1.29, 1.82) is 0 Å². The van der Waals surface area contributed by atoms with Gasteiger partial charge in [0.05, 0.1) is 12.0 Å². The number of nitrogens with zero attached hydrogens (tertiary/aromatic N) is 3. The first-order valence-electron chi connectivity index (χ1n) is 6.06. The van der Waals surface area contributed by atoms with E-state index in [1.54, 1.807) is 12.1 Å². The van der Waals surface area contributed by atoms with Crippen LogP contribution in [-0.2, 0) is 0 Å². The minimum atomic E-state index is -0.595. The molecule has 0 spiro atoms. The van der Waals surface area contributed by atoms with Crippen LogP contribution in [0, 0.1) is 17.0 Å². The smallest absolute Gasteiger partial charge is 0.373 e. The molecule has 2 rings (SSSR count). The summed E-state index contributed by atoms with van der Waals surface area (Å²) in [6.07, 6.45) is 1.19. The molecule has 0 atom stereocenters. The van der Waals surface area contributed by atoms with Crippen LogP contribution in [0.15, 0.2) is 24.5 Å². The van der Waals surface area contributed by atoms with Crippen LogP contribution >= 0.6 is 0 Å². The molecule has 0 radical (unpaired) electrons. The Kier molecular flexibility index (Phi) is 4.17. The molecule has 21 heavy (non-hydrogen) atoms. The second kappa shape index (κ2) is 6.04. The fourth-order valence-electron chi connectivity index (χ4n) is 1.75. The van der Waals surface area contributed by atoms with Gasteiger partial charge in [0.2, 0.25) is 5.82 Å². The number of benzene rings is 1. The summed E-state index contributed by atoms with van der Waals surface area (Å²) in [6, 6.07) is 5.24. The van der Waals surface area contributed by atoms with Crippen LogP contribution in [0.3, 0.4) is 0 Å². The van der Waals surface area contributed by atoms with Crippen molar-refractivity contribution in [2.45, 2.75) is 6.92 Å². The van der Waals surface area contributed by atoms with Crippen molar-refractivity contribution >= 4 is 11.5 Å². The Balaban J connectivity index is 2.47. The summed E-state index contributed by atoms with van der Waals surface area (Å²) < 4.78 is 10.7. The minimum absolute atomic E-state index is 0.0797. The average Bonchev–Trinajstić information content (AvgIpc) is 2.48. The van der Waals surface area contributed by atoms with Crippen molar-refractivity contribution in [2.75, 3.05) is 19.5 Å². The zero-order valence-electron chi connectivity index (χ0n) is 11.8. The third-order valence-electron chi connectivity index (χ3n) is 2.73. The van der Waals surface area contributed by atoms with Crippen LogP contribution < -0.4 is 14.8 Å². The Morgan fingerprint density at radius 2 is 2.05 bits per heavy atom. The lowest BCUT2D eigenvalue weighted by molar-refractivity contribution is -0.385. The molecule has 0 aliphatic heterocycles. The van der Waals surface area contributed by atoms with Gasteiger partial charge in [-0.15, -0.1) is 0 Å². The van der Waals surface area contributed by atoms with Gasteiger partial charge in [0.25, 0.3) is 0 Å². The molecule has 1 N–H and O–H groups in total. The maximum atomic E-state index is 11.2. The number of nitrogens with one attached hydrogen (secondary N) is 1. The maximum absolute atomic E-state index is 11.2. The minimum Gasteiger partial charge on any atom is -0.493 e. The van der Waals surface area contributed by atoms with E-state index in [0.29, 0.717) is 11.5 Å². The van der Waals surface area contributed by atoms with E-state index in [9.17, 15) is 10.1 Å². The monoisotopic (exact) mass is 290 g/mol. The normalized spacial score (nSPS) is 10.0. The molecule has 0 aliphatic carbocycles. The van der Waals surface area contributed by atoms with Crippen molar-refractivity contribution in [1.82, 2.24) is 9.97 Å². The van der Waals surface area contributed by atoms with E-state index >= 15 is 0 Å². The van der Waals surface area contributed by atoms with Gasteiger partial charge in [-0.2, -0.15) is 4.98 Å². The van der Waals surface area contributed by atoms with Crippen LogP contribution in [-0.4, -0.2) is 29.0 Å². The Hall–Kier alpha value is -2.90. The highest BCUT2D eigenvalue weighted by atomic mass is 16.6. The van der Waals surface area contributed by atoms with E-state index in [0.717, 1.165) is 5.56 Å². The average molecular weight is 290 g/mol. The van der Waals surface area contributed by atoms with E-state index in [1.807, 2.05) is 13.0 Å². The molecular weight excluding hydrogens is 276 g/mol. The summed E-state index contributed by atoms with van der Waals surface area (Å²) in [5.41, 5.74) is 0.648. The largest absolute Gasteiger partial charge is 0.493 e. The molecule has 0 fully saturated rings. The SMILES string of the molecule is CNc1ncnc(Oc2ccc(C)cc2OC)c1[N+](=O)[O-]. The first kappa shape index (κ1) is 14.5. The first-order valence-corrected chi connectivity index (χ1v) is 6.06. The molecule has 0 saturated carbocycles. The zero-order valence-corrected chi connectivity index (χ0v) is 11.8. The van der Waals surface area contributed by atoms with Crippen LogP contribution in [0.5, 0.6) is 17.4 Å². The third-order valence-corrected chi connectivity index (χ3v) is 2.73. The van der Waals surface area contributed by atoms with Crippen molar-refractivity contribution in [3.63, 3.8) is 0 Å². The number of nitro groups is 1. The van der Waals surface area contributed by atoms with Crippen LogP contribution in [0.4, 0.5) is 11.5 Å². The Morgan fingerprint density at radius 3 is 2.67 bits per heavy atom. The number of ether oxygens (including phenoxy) is 2. The van der Waals surface area contributed by atoms with Gasteiger partial charge in [-0.3, -0.25) is 10.1 Å². The highest BCUT2D eigenvalue weighted by molar-refractivity contribution is 5.62. The van der Waals surface area contributed by atoms with Crippen molar-refractivity contribution in [2.24, 2.45) is 0 Å². The van der Waals surface area contributed by atoms with Crippen LogP contribution in [0.2, 0.25) is 0 Å². The molecule has 0 bridgehead atoms. The van der Waals surface area contributed by atoms with Crippen LogP contribution in [0.25, 0.3) is 0 Å². The number of aryl methyl sites for hydroxylation is 1. The van der Waals surface area contributed by atoms with E-state index in [2.05, 4.69) is 15.3 Å². The molecule has 0 aliphatic rings. The summed E-state index contributed by atoms with van der Waals surface area (Å²) in [4.78, 5) is 18.2. The number of hydrogen-bond acceptors (Lipinski definition) is 7. The fraction of sp³-hybridized carbons (Fsp3) is 0.231. The van der Waals surface area contributed by atoms with Crippen molar-refractivity contribution in [3.8, 4) is 17.4 Å². The fourth-order valence-corrected chi connectivity index (χ4v) is 1.75. The van der Waals surface area contributed by atoms with Gasteiger partial charge < -0.3 is 14.8 Å². The summed E-state index contributed by atoms with van der Waals surface area (Å²) in [6.45, 7) is 1.90. The molecule has 110 valence electrons. The van der Waals surface area contributed by atoms with Crippen molar-refractivity contribution in [3.05, 3.63) is 40.2 Å². The lowest BCUT2D eigenvalue weighted by atomic mass is 10.2. The molecule has 8 heteroatoms. The second-order valence-electron chi connectivity index (χ2n) is 4.14. The van der Waals surface area contributed by atoms with Gasteiger partial charge in [0.15, 0.2) is 11.5 Å². The molecule has 0 unspecified atom stereocenters. The maximum Gasteiger partial charge on any atom is 0.373 e. The molecule has 1 aromatic carbocycles. The number of methoxy groups -OCH3 is 1. The zero-order chi connectivity index (χ0) is 15.4. The van der Waals surface area contributed by atoms with E-state index in [-0.39, 0.29) is 17.4 Å². The molecule has 0 amide bonds. The van der Waals surface area contributed by atoms with Gasteiger partial charge >= 0.3 is 11.6 Å². The number of rotatable bonds is 5. The molecule has 1 heterocycles. The lowest BCUT2D eigenvalue weighted by Crippen LogP contribution is -2.03. The Labute approximate surface area is 120 Å². The quantitative estimate of drug-likeness (QED) is 0.667. The van der Waals surface area contributed by atoms with Gasteiger partial charge in [-0.25, -0.2) is 4.98 Å². The molecule has 8 nitrogen and oxygen atoms in total. The molecule has 0 saturated heterocycles. The van der Waals surface area contributed by atoms with Gasteiger partial charge in [-0.1, -0.05) is 6.07 Å². The van der Waals surface area contributed by atoms with E-state index < -0.39 is 4.92 Å². The third kappa shape index (κ3) is 2.99. The van der Waals surface area contributed by atoms with Gasteiger partial charge in [-0.05, 0) is 24.6 Å². The second-order valence-corrected chi connectivity index (χ2v) is 4.14. The molecule has 2 aromatic rings. The summed E-state index contributed by atoms with van der Waals surface area (Å²) >= 11 is 0. The van der Waals surface area contributed by atoms with Gasteiger partial charge in [0, 0.05) is 7.05 Å². The molecular formula is C13H14N4O4. The number of aromatic nitrogens is 2. The Morgan fingerprint density at radius 1 is 1.29 bits per heavy atom. The van der Waals surface area contributed by atoms with Gasteiger partial charge in [0.1, 0.15) is 6.33 Å². The number of hydrogen-bond donors (Lipinski definition) is 1. The standard InChI is InChI=1S/C13H14N4O4/c1-8-4-5-9(10(6-8)20-3)21-13-11(17(18)19)12(14-2)15-7-16-13/h4-7H,1-3H3,(H,14,15,16). The summed E-state index contributed by atoms with van der Waals surface area (Å²) in [7, 11) is 3.03. The summed E-state index contributed by atoms with van der Waals surface area (Å²) in [5, 5.41) is 13.8.